The molecule has 1 saturated heterocycles. The van der Waals surface area contributed by atoms with E-state index < -0.39 is 0 Å². The van der Waals surface area contributed by atoms with Gasteiger partial charge in [0.2, 0.25) is 0 Å². The summed E-state index contributed by atoms with van der Waals surface area (Å²) in [5.74, 6) is 0.431. The van der Waals surface area contributed by atoms with Crippen LogP contribution in [0.15, 0.2) is 0 Å². The monoisotopic (exact) mass is 211 g/mol. The van der Waals surface area contributed by atoms with Gasteiger partial charge >= 0.3 is 0 Å². The van der Waals surface area contributed by atoms with Gasteiger partial charge in [-0.25, -0.2) is 0 Å². The Bertz CT molecular complexity index is 227. The fourth-order valence-electron chi connectivity index (χ4n) is 3.12. The summed E-state index contributed by atoms with van der Waals surface area (Å²) in [6.45, 7) is 8.69. The highest BCUT2D eigenvalue weighted by atomic mass is 16.1. The highest BCUT2D eigenvalue weighted by Gasteiger charge is 2.41. The van der Waals surface area contributed by atoms with Gasteiger partial charge < -0.3 is 5.32 Å². The molecule has 0 aromatic heterocycles. The zero-order valence-electron chi connectivity index (χ0n) is 10.7. The minimum absolute atomic E-state index is 0.0142. The van der Waals surface area contributed by atoms with Crippen molar-refractivity contribution in [2.45, 2.75) is 77.3 Å². The highest BCUT2D eigenvalue weighted by molar-refractivity contribution is 5.81. The molecule has 0 aromatic rings. The fourth-order valence-corrected chi connectivity index (χ4v) is 3.12. The number of piperidine rings is 1. The second kappa shape index (κ2) is 4.65. The number of nitrogens with one attached hydrogen (secondary N) is 1. The Morgan fingerprint density at radius 3 is 2.07 bits per heavy atom. The van der Waals surface area contributed by atoms with Crippen LogP contribution in [0.3, 0.4) is 0 Å². The first-order chi connectivity index (χ1) is 6.93. The summed E-state index contributed by atoms with van der Waals surface area (Å²) < 4.78 is 0. The molecule has 2 heteroatoms. The number of carbonyl (C=O) groups is 1. The van der Waals surface area contributed by atoms with Gasteiger partial charge in [-0.15, -0.1) is 0 Å². The molecule has 15 heavy (non-hydrogen) atoms. The maximum absolute atomic E-state index is 11.8. The molecule has 2 nitrogen and oxygen atoms in total. The lowest BCUT2D eigenvalue weighted by atomic mass is 9.75. The average Bonchev–Trinajstić information content (AvgIpc) is 1.99. The topological polar surface area (TPSA) is 29.1 Å². The number of rotatable bonds is 4. The average molecular weight is 211 g/mol. The number of hydrogen-bond acceptors (Lipinski definition) is 2. The van der Waals surface area contributed by atoms with E-state index in [1.54, 1.807) is 0 Å². The van der Waals surface area contributed by atoms with Crippen LogP contribution in [0.5, 0.6) is 0 Å². The lowest BCUT2D eigenvalue weighted by molar-refractivity contribution is -0.125. The van der Waals surface area contributed by atoms with Crippen molar-refractivity contribution in [2.24, 2.45) is 0 Å². The summed E-state index contributed by atoms with van der Waals surface area (Å²) in [5, 5.41) is 3.72. The highest BCUT2D eigenvalue weighted by Crippen LogP contribution is 2.33. The van der Waals surface area contributed by atoms with E-state index in [9.17, 15) is 4.79 Å². The molecule has 0 bridgehead atoms. The third-order valence-corrected chi connectivity index (χ3v) is 3.24. The van der Waals surface area contributed by atoms with Gasteiger partial charge in [0, 0.05) is 23.9 Å². The molecule has 0 radical (unpaired) electrons. The third kappa shape index (κ3) is 3.30. The Balaban J connectivity index is 2.81. The second-order valence-corrected chi connectivity index (χ2v) is 5.68. The Hall–Kier alpha value is -0.370. The quantitative estimate of drug-likeness (QED) is 0.774. The van der Waals surface area contributed by atoms with Gasteiger partial charge in [-0.1, -0.05) is 26.7 Å². The van der Waals surface area contributed by atoms with Crippen LogP contribution in [0.1, 0.15) is 66.2 Å². The summed E-state index contributed by atoms with van der Waals surface area (Å²) in [6, 6.07) is 0. The maximum Gasteiger partial charge on any atom is 0.136 e. The molecule has 1 heterocycles. The van der Waals surface area contributed by atoms with Gasteiger partial charge in [-0.05, 0) is 26.7 Å². The molecular weight excluding hydrogens is 186 g/mol. The normalized spacial score (nSPS) is 24.1. The Morgan fingerprint density at radius 2 is 1.67 bits per heavy atom. The first-order valence-electron chi connectivity index (χ1n) is 6.24. The summed E-state index contributed by atoms with van der Waals surface area (Å²) in [6.07, 6.45) is 5.96. The third-order valence-electron chi connectivity index (χ3n) is 3.24. The SMILES string of the molecule is CCCC1(CCC)CC(=O)CC(C)(C)N1. The molecule has 0 saturated carbocycles. The van der Waals surface area contributed by atoms with E-state index in [-0.39, 0.29) is 11.1 Å². The van der Waals surface area contributed by atoms with Gasteiger partial charge in [0.1, 0.15) is 5.78 Å². The van der Waals surface area contributed by atoms with E-state index in [0.717, 1.165) is 32.1 Å². The van der Waals surface area contributed by atoms with E-state index in [1.165, 1.54) is 0 Å². The van der Waals surface area contributed by atoms with E-state index in [4.69, 9.17) is 0 Å². The number of carbonyl (C=O) groups excluding carboxylic acids is 1. The molecule has 1 N–H and O–H groups in total. The molecule has 0 spiro atoms. The smallest absolute Gasteiger partial charge is 0.136 e. The van der Waals surface area contributed by atoms with Crippen molar-refractivity contribution in [3.8, 4) is 0 Å². The van der Waals surface area contributed by atoms with Crippen molar-refractivity contribution < 1.29 is 4.79 Å². The van der Waals surface area contributed by atoms with E-state index >= 15 is 0 Å². The molecular formula is C13H25NO. The zero-order chi connectivity index (χ0) is 11.5. The van der Waals surface area contributed by atoms with Gasteiger partial charge in [-0.2, -0.15) is 0 Å². The maximum atomic E-state index is 11.8. The van der Waals surface area contributed by atoms with Crippen LogP contribution < -0.4 is 5.32 Å². The van der Waals surface area contributed by atoms with Crippen molar-refractivity contribution in [1.82, 2.24) is 5.32 Å². The molecule has 1 rings (SSSR count). The van der Waals surface area contributed by atoms with Crippen LogP contribution in [0.25, 0.3) is 0 Å². The minimum Gasteiger partial charge on any atom is -0.305 e. The van der Waals surface area contributed by atoms with Gasteiger partial charge in [0.25, 0.3) is 0 Å². The van der Waals surface area contributed by atoms with Gasteiger partial charge in [-0.3, -0.25) is 4.79 Å². The van der Waals surface area contributed by atoms with E-state index in [0.29, 0.717) is 12.2 Å². The first-order valence-corrected chi connectivity index (χ1v) is 6.24. The second-order valence-electron chi connectivity index (χ2n) is 5.68. The van der Waals surface area contributed by atoms with Crippen LogP contribution in [-0.4, -0.2) is 16.9 Å². The molecule has 0 aromatic carbocycles. The molecule has 0 amide bonds. The molecule has 0 unspecified atom stereocenters. The lowest BCUT2D eigenvalue weighted by Crippen LogP contribution is -2.61. The van der Waals surface area contributed by atoms with Crippen LogP contribution in [0.4, 0.5) is 0 Å². The van der Waals surface area contributed by atoms with Crippen molar-refractivity contribution in [3.05, 3.63) is 0 Å². The van der Waals surface area contributed by atoms with Crippen molar-refractivity contribution >= 4 is 5.78 Å². The van der Waals surface area contributed by atoms with E-state index in [2.05, 4.69) is 33.0 Å². The molecule has 0 atom stereocenters. The Labute approximate surface area is 93.8 Å². The van der Waals surface area contributed by atoms with Crippen molar-refractivity contribution in [2.75, 3.05) is 0 Å². The van der Waals surface area contributed by atoms with Gasteiger partial charge in [0.15, 0.2) is 0 Å². The largest absolute Gasteiger partial charge is 0.305 e. The van der Waals surface area contributed by atoms with Crippen LogP contribution in [-0.2, 0) is 4.79 Å². The molecule has 0 aliphatic carbocycles. The lowest BCUT2D eigenvalue weighted by Gasteiger charge is -2.46. The predicted octanol–water partition coefficient (Wildman–Crippen LogP) is 3.06. The van der Waals surface area contributed by atoms with Crippen LogP contribution >= 0.6 is 0 Å². The summed E-state index contributed by atoms with van der Waals surface area (Å²) >= 11 is 0. The number of hydrogen-bond donors (Lipinski definition) is 1. The number of ketones is 1. The standard InChI is InChI=1S/C13H25NO/c1-5-7-13(8-6-2)10-11(15)9-12(3,4)14-13/h14H,5-10H2,1-4H3. The molecule has 1 aliphatic rings. The van der Waals surface area contributed by atoms with Crippen molar-refractivity contribution in [1.29, 1.82) is 0 Å². The fraction of sp³-hybridized carbons (Fsp3) is 0.923. The Morgan fingerprint density at radius 1 is 1.13 bits per heavy atom. The van der Waals surface area contributed by atoms with E-state index in [1.807, 2.05) is 0 Å². The van der Waals surface area contributed by atoms with Crippen LogP contribution in [0, 0.1) is 0 Å². The molecule has 88 valence electrons. The van der Waals surface area contributed by atoms with Crippen molar-refractivity contribution in [3.63, 3.8) is 0 Å². The summed E-state index contributed by atoms with van der Waals surface area (Å²) in [7, 11) is 0. The predicted molar refractivity (Wildman–Crippen MR) is 64.0 cm³/mol. The summed E-state index contributed by atoms with van der Waals surface area (Å²) in [5.41, 5.74) is 0.0714. The minimum atomic E-state index is -0.0142. The molecule has 1 fully saturated rings. The number of Topliss-reactive ketones (excluding diaryl/α,β-unsaturated/α-hetero) is 1. The van der Waals surface area contributed by atoms with Gasteiger partial charge in [0.05, 0.1) is 0 Å². The zero-order valence-corrected chi connectivity index (χ0v) is 10.7. The Kier molecular flexibility index (Phi) is 3.93. The van der Waals surface area contributed by atoms with Crippen LogP contribution in [0.2, 0.25) is 0 Å². The molecule has 1 aliphatic heterocycles. The summed E-state index contributed by atoms with van der Waals surface area (Å²) in [4.78, 5) is 11.8. The first kappa shape index (κ1) is 12.7.